The van der Waals surface area contributed by atoms with Gasteiger partial charge in [0.1, 0.15) is 114 Å². The molecular weight excluding hydrogens is 1930 g/mol. The first kappa shape index (κ1) is 110. The summed E-state index contributed by atoms with van der Waals surface area (Å²) >= 11 is 25.4. The number of piperidine rings is 2. The van der Waals surface area contributed by atoms with Crippen molar-refractivity contribution in [1.82, 2.24) is 93.4 Å². The van der Waals surface area contributed by atoms with Gasteiger partial charge in [0.05, 0.1) is 67.3 Å². The summed E-state index contributed by atoms with van der Waals surface area (Å²) in [6.45, 7) is 45.1. The van der Waals surface area contributed by atoms with E-state index < -0.39 is 52.8 Å². The van der Waals surface area contributed by atoms with E-state index in [1.165, 1.54) is 24.3 Å². The SMILES string of the molecule is CCN1CCC(CNC(=O)c2c(F)c(Cl)cc(C(C)c3nc(C)c4c(N)nccn34)c2OC(C)C)CC1.Cc1nc(C(C)c2cc(Cl)c(F)c(C(=O)NCC3CCCC3)c2OC(C)C)n2ccnc(N)c12.Cc1nc(C(C)c2cc(Cl)c(F)c(C(=O)NCC3CCN(C(C)C)CC3)c2OC(C)C)n2ccnc(N)c12.Cc1nc(C(C)c2cc(Cl)c(F)c(C(=O)NCC3CCN(C)C3)c2OC(C)C)n2ccnc(N)c12. The number of likely N-dealkylation sites (tertiary alicyclic amines) is 3. The Hall–Kier alpha value is -11.6. The molecule has 1 aliphatic carbocycles. The Balaban J connectivity index is 0.000000161. The molecule has 31 nitrogen and oxygen atoms in total. The molecule has 12 aromatic rings. The predicted octanol–water partition coefficient (Wildman–Crippen LogP) is 19.3. The van der Waals surface area contributed by atoms with E-state index in [1.807, 2.05) is 135 Å². The number of aryl methyl sites for hydroxylation is 4. The lowest BCUT2D eigenvalue weighted by Crippen LogP contribution is -2.41. The van der Waals surface area contributed by atoms with Crippen LogP contribution in [0.1, 0.15) is 295 Å². The first-order valence-corrected chi connectivity index (χ1v) is 51.3. The van der Waals surface area contributed by atoms with Crippen molar-refractivity contribution in [1.29, 1.82) is 0 Å². The lowest BCUT2D eigenvalue weighted by atomic mass is 9.94. The van der Waals surface area contributed by atoms with Crippen LogP contribution in [-0.4, -0.2) is 205 Å². The molecule has 0 spiro atoms. The van der Waals surface area contributed by atoms with Crippen molar-refractivity contribution in [2.75, 3.05) is 102 Å². The smallest absolute Gasteiger partial charge is 0.258 e. The molecule has 16 rings (SSSR count). The zero-order valence-electron chi connectivity index (χ0n) is 85.9. The Labute approximate surface area is 859 Å². The van der Waals surface area contributed by atoms with E-state index in [0.717, 1.165) is 126 Å². The molecule has 11 heterocycles. The number of halogens is 8. The van der Waals surface area contributed by atoms with Gasteiger partial charge < -0.3 is 77.8 Å². The Kier molecular flexibility index (Phi) is 36.3. The van der Waals surface area contributed by atoms with Gasteiger partial charge >= 0.3 is 0 Å². The van der Waals surface area contributed by atoms with Crippen LogP contribution in [0.4, 0.5) is 40.8 Å². The lowest BCUT2D eigenvalue weighted by molar-refractivity contribution is 0.0913. The van der Waals surface area contributed by atoms with Crippen molar-refractivity contribution in [2.45, 2.75) is 243 Å². The predicted molar refractivity (Wildman–Crippen MR) is 558 cm³/mol. The topological polar surface area (TPSA) is 388 Å². The van der Waals surface area contributed by atoms with E-state index >= 15 is 17.6 Å². The van der Waals surface area contributed by atoms with Crippen LogP contribution in [0.5, 0.6) is 23.0 Å². The summed E-state index contributed by atoms with van der Waals surface area (Å²) in [7, 11) is 2.05. The minimum atomic E-state index is -0.795. The van der Waals surface area contributed by atoms with Crippen molar-refractivity contribution in [3.05, 3.63) is 208 Å². The summed E-state index contributed by atoms with van der Waals surface area (Å²) in [6.07, 6.45) is 21.7. The number of fused-ring (bicyclic) bond motifs is 4. The minimum absolute atomic E-state index is 0.136. The molecule has 3 saturated heterocycles. The molecule has 144 heavy (non-hydrogen) atoms. The summed E-state index contributed by atoms with van der Waals surface area (Å²) in [4.78, 5) is 95.9. The summed E-state index contributed by atoms with van der Waals surface area (Å²) in [5.41, 5.74) is 31.7. The molecule has 3 aliphatic heterocycles. The number of anilines is 4. The maximum atomic E-state index is 15.5. The summed E-state index contributed by atoms with van der Waals surface area (Å²) in [5.74, 6) is -0.586. The maximum Gasteiger partial charge on any atom is 0.258 e. The Morgan fingerprint density at radius 1 is 0.382 bits per heavy atom. The Morgan fingerprint density at radius 2 is 0.625 bits per heavy atom. The van der Waals surface area contributed by atoms with Gasteiger partial charge in [-0.3, -0.25) is 36.8 Å². The van der Waals surface area contributed by atoms with E-state index in [0.29, 0.717) is 147 Å². The van der Waals surface area contributed by atoms with Gasteiger partial charge in [0.15, 0.2) is 23.3 Å². The van der Waals surface area contributed by atoms with E-state index in [4.69, 9.17) is 108 Å². The third kappa shape index (κ3) is 24.5. The molecular formula is C105H137Cl4F4N23O8. The van der Waals surface area contributed by atoms with Gasteiger partial charge in [-0.15, -0.1) is 0 Å². The van der Waals surface area contributed by atoms with Crippen molar-refractivity contribution in [3.8, 4) is 23.0 Å². The Bertz CT molecular complexity index is 6650. The fourth-order valence-corrected chi connectivity index (χ4v) is 20.7. The summed E-state index contributed by atoms with van der Waals surface area (Å²) in [5, 5.41) is 11.2. The van der Waals surface area contributed by atoms with Crippen LogP contribution < -0.4 is 63.1 Å². The molecule has 4 aromatic carbocycles. The van der Waals surface area contributed by atoms with Gasteiger partial charge in [0, 0.05) is 134 Å². The number of carbonyl (C=O) groups excluding carboxylic acids is 4. The maximum absolute atomic E-state index is 15.5. The second kappa shape index (κ2) is 47.7. The number of benzene rings is 4. The molecule has 8 aromatic heterocycles. The van der Waals surface area contributed by atoms with Gasteiger partial charge in [-0.25, -0.2) is 57.4 Å². The largest absolute Gasteiger partial charge is 0.490 e. The fraction of sp³-hybridized carbons (Fsp3) is 0.505. The molecule has 39 heteroatoms. The van der Waals surface area contributed by atoms with Crippen molar-refractivity contribution < 1.29 is 55.7 Å². The summed E-state index contributed by atoms with van der Waals surface area (Å²) in [6, 6.07) is 6.60. The number of nitrogens with two attached hydrogens (primary N) is 4. The van der Waals surface area contributed by atoms with E-state index in [-0.39, 0.29) is 108 Å². The molecule has 4 fully saturated rings. The number of imidazole rings is 4. The number of amides is 4. The van der Waals surface area contributed by atoms with Crippen molar-refractivity contribution in [3.63, 3.8) is 0 Å². The number of hydrogen-bond donors (Lipinski definition) is 8. The van der Waals surface area contributed by atoms with E-state index in [1.54, 1.807) is 49.6 Å². The van der Waals surface area contributed by atoms with E-state index in [9.17, 15) is 19.2 Å². The molecule has 12 N–H and O–H groups in total. The molecule has 0 bridgehead atoms. The second-order valence-electron chi connectivity index (χ2n) is 39.6. The third-order valence-electron chi connectivity index (χ3n) is 27.4. The van der Waals surface area contributed by atoms with Crippen molar-refractivity contribution >= 4 is 115 Å². The van der Waals surface area contributed by atoms with Crippen LogP contribution in [-0.2, 0) is 0 Å². The molecule has 5 unspecified atom stereocenters. The lowest BCUT2D eigenvalue weighted by Gasteiger charge is -2.34. The molecule has 4 amide bonds. The average molecular weight is 2070 g/mol. The number of nitrogens with zero attached hydrogens (tertiary/aromatic N) is 15. The standard InChI is InChI=1S/C28H38ClFN6O2.C27H36ClFN6O2.C25H32ClFN6O2.C25H31ClFN5O2/c1-15(2)35-10-7-19(8-11-35)14-33-28(37)22-23(30)21(29)13-20(25(22)38-16(3)4)17(5)27-34-18(6)24-26(31)32-9-12-36(24)27;1-6-34-10-7-18(8-11-34)14-32-27(36)21-22(29)20(28)13-19(24(21)37-15(2)3)16(4)26-33-17(5)23-25(30)31-9-12-35(23)26;1-13(2)35-22-17(14(3)24-31-15(4)21-23(28)29-7-9-33(21)24)10-18(26)20(27)19(22)25(34)30-11-16-6-8-32(5)12-16;1-13(2)34-22-17(14(3)24-31-15(4)21-23(28)29-9-10-32(21)24)11-18(26)20(27)19(22)25(33)30-12-16-7-5-6-8-16/h9,12-13,15-17,19H,7-8,10-11,14H2,1-6H3,(H2,31,32)(H,33,37);9,12-13,15-16,18H,6-8,10-11,14H2,1-5H3,(H2,30,31)(H,32,36);7,9-10,13-14,16H,6,8,11-12H2,1-5H3,(H2,28,29)(H,30,34);9-11,13-14,16H,5-8,12H2,1-4H3,(H2,28,29)(H,30,33). The average Bonchev–Trinajstić information content (AvgIpc) is 1.63. The number of nitrogen functional groups attached to an aromatic ring is 4. The molecule has 4 aliphatic rings. The van der Waals surface area contributed by atoms with Crippen LogP contribution in [0, 0.1) is 74.6 Å². The fourth-order valence-electron chi connectivity index (χ4n) is 19.8. The zero-order chi connectivity index (χ0) is 105. The monoisotopic (exact) mass is 2060 g/mol. The highest BCUT2D eigenvalue weighted by atomic mass is 35.5. The quantitative estimate of drug-likeness (QED) is 0.0194. The number of aromatic nitrogens is 12. The normalized spacial score (nSPS) is 16.1. The number of hydrogen-bond acceptors (Lipinski definition) is 23. The molecule has 1 saturated carbocycles. The van der Waals surface area contributed by atoms with Gasteiger partial charge in [0.25, 0.3) is 23.6 Å². The molecule has 776 valence electrons. The number of rotatable bonds is 30. The molecule has 0 radical (unpaired) electrons. The molecule has 5 atom stereocenters. The zero-order valence-corrected chi connectivity index (χ0v) is 88.9. The third-order valence-corrected chi connectivity index (χ3v) is 28.5. The van der Waals surface area contributed by atoms with Crippen LogP contribution in [0.3, 0.4) is 0 Å². The minimum Gasteiger partial charge on any atom is -0.490 e. The number of carbonyl (C=O) groups is 4. The second-order valence-corrected chi connectivity index (χ2v) is 41.2. The highest BCUT2D eigenvalue weighted by Gasteiger charge is 2.38. The summed E-state index contributed by atoms with van der Waals surface area (Å²) < 4.78 is 93.4. The van der Waals surface area contributed by atoms with E-state index in [2.05, 4.69) is 76.7 Å². The van der Waals surface area contributed by atoms with Crippen LogP contribution in [0.15, 0.2) is 73.8 Å². The van der Waals surface area contributed by atoms with Gasteiger partial charge in [-0.1, -0.05) is 93.9 Å². The Morgan fingerprint density at radius 3 is 0.861 bits per heavy atom. The van der Waals surface area contributed by atoms with Crippen LogP contribution >= 0.6 is 46.4 Å². The van der Waals surface area contributed by atoms with Gasteiger partial charge in [-0.05, 0) is 236 Å². The van der Waals surface area contributed by atoms with Gasteiger partial charge in [-0.2, -0.15) is 0 Å². The van der Waals surface area contributed by atoms with Crippen molar-refractivity contribution in [2.24, 2.45) is 23.7 Å². The highest BCUT2D eigenvalue weighted by molar-refractivity contribution is 6.32. The number of ether oxygens (including phenoxy) is 4. The van der Waals surface area contributed by atoms with Crippen LogP contribution in [0.2, 0.25) is 20.1 Å². The van der Waals surface area contributed by atoms with Gasteiger partial charge in [0.2, 0.25) is 0 Å². The number of nitrogens with one attached hydrogen (secondary N) is 4. The van der Waals surface area contributed by atoms with Crippen LogP contribution in [0.25, 0.3) is 22.1 Å². The highest BCUT2D eigenvalue weighted by Crippen LogP contribution is 2.47. The first-order valence-electron chi connectivity index (χ1n) is 49.8. The first-order chi connectivity index (χ1) is 68.4.